The quantitative estimate of drug-likeness (QED) is 0.684. The number of alkyl halides is 3. The fourth-order valence-electron chi connectivity index (χ4n) is 3.73. The van der Waals surface area contributed by atoms with E-state index in [9.17, 15) is 22.8 Å². The normalized spacial score (nSPS) is 16.2. The topological polar surface area (TPSA) is 52.7 Å². The molecular formula is C23H25ClF3N3O2. The maximum atomic E-state index is 13.3. The smallest absolute Gasteiger partial charge is 0.340 e. The van der Waals surface area contributed by atoms with Crippen LogP contribution < -0.4 is 5.32 Å². The predicted octanol–water partition coefficient (Wildman–Crippen LogP) is 4.84. The molecule has 172 valence electrons. The van der Waals surface area contributed by atoms with Crippen LogP contribution in [0.2, 0.25) is 5.02 Å². The molecule has 0 saturated carbocycles. The molecule has 0 bridgehead atoms. The van der Waals surface area contributed by atoms with Crippen molar-refractivity contribution in [2.45, 2.75) is 26.1 Å². The van der Waals surface area contributed by atoms with Crippen LogP contribution in [0, 0.1) is 5.92 Å². The van der Waals surface area contributed by atoms with Crippen molar-refractivity contribution in [1.29, 1.82) is 0 Å². The summed E-state index contributed by atoms with van der Waals surface area (Å²) in [6.45, 7) is 5.54. The average molecular weight is 468 g/mol. The Balaban J connectivity index is 1.83. The van der Waals surface area contributed by atoms with Crippen LogP contribution in [0.5, 0.6) is 0 Å². The third kappa shape index (κ3) is 5.61. The van der Waals surface area contributed by atoms with Gasteiger partial charge in [-0.1, -0.05) is 55.8 Å². The lowest BCUT2D eigenvalue weighted by Gasteiger charge is -2.39. The minimum absolute atomic E-state index is 0.0190. The van der Waals surface area contributed by atoms with E-state index >= 15 is 0 Å². The van der Waals surface area contributed by atoms with E-state index in [4.69, 9.17) is 11.6 Å². The number of piperazine rings is 1. The number of halogens is 4. The molecule has 0 aromatic heterocycles. The van der Waals surface area contributed by atoms with Crippen molar-refractivity contribution in [3.8, 4) is 0 Å². The van der Waals surface area contributed by atoms with Gasteiger partial charge in [0.25, 0.3) is 0 Å². The van der Waals surface area contributed by atoms with Crippen LogP contribution >= 0.6 is 11.6 Å². The number of carbonyl (C=O) groups is 2. The van der Waals surface area contributed by atoms with Gasteiger partial charge in [0.2, 0.25) is 11.8 Å². The Bertz CT molecular complexity index is 959. The SMILES string of the molecule is CC(C)C(=O)N1CCN(C(C(=O)Nc2cc(C(F)(F)F)ccc2Cl)c2ccccc2)CC1. The summed E-state index contributed by atoms with van der Waals surface area (Å²) in [5.41, 5.74) is -0.285. The van der Waals surface area contributed by atoms with Crippen molar-refractivity contribution < 1.29 is 22.8 Å². The third-order valence-electron chi connectivity index (χ3n) is 5.40. The van der Waals surface area contributed by atoms with Crippen molar-refractivity contribution in [3.63, 3.8) is 0 Å². The zero-order valence-corrected chi connectivity index (χ0v) is 18.6. The molecule has 5 nitrogen and oxygen atoms in total. The Kier molecular flexibility index (Phi) is 7.46. The molecule has 0 radical (unpaired) electrons. The molecule has 9 heteroatoms. The first-order chi connectivity index (χ1) is 15.1. The van der Waals surface area contributed by atoms with Crippen molar-refractivity contribution in [2.24, 2.45) is 5.92 Å². The molecule has 0 aliphatic carbocycles. The summed E-state index contributed by atoms with van der Waals surface area (Å²) in [7, 11) is 0. The van der Waals surface area contributed by atoms with Crippen molar-refractivity contribution in [3.05, 3.63) is 64.7 Å². The first-order valence-electron chi connectivity index (χ1n) is 10.3. The maximum absolute atomic E-state index is 13.3. The largest absolute Gasteiger partial charge is 0.416 e. The predicted molar refractivity (Wildman–Crippen MR) is 117 cm³/mol. The molecule has 3 rings (SSSR count). The van der Waals surface area contributed by atoms with Crippen LogP contribution in [0.25, 0.3) is 0 Å². The standard InChI is InChI=1S/C23H25ClF3N3O2/c1-15(2)22(32)30-12-10-29(11-13-30)20(16-6-4-3-5-7-16)21(31)28-19-14-17(23(25,26)27)8-9-18(19)24/h3-9,14-15,20H,10-13H2,1-2H3,(H,28,31). The Morgan fingerprint density at radius 1 is 1.00 bits per heavy atom. The Morgan fingerprint density at radius 3 is 2.19 bits per heavy atom. The van der Waals surface area contributed by atoms with Crippen molar-refractivity contribution in [1.82, 2.24) is 9.80 Å². The molecule has 2 amide bonds. The Morgan fingerprint density at radius 2 is 1.62 bits per heavy atom. The van der Waals surface area contributed by atoms with Crippen LogP contribution in [-0.4, -0.2) is 47.8 Å². The lowest BCUT2D eigenvalue weighted by molar-refractivity contribution is -0.138. The third-order valence-corrected chi connectivity index (χ3v) is 5.73. The second-order valence-corrected chi connectivity index (χ2v) is 8.42. The second kappa shape index (κ2) is 9.92. The van der Waals surface area contributed by atoms with Gasteiger partial charge in [-0.25, -0.2) is 0 Å². The first kappa shape index (κ1) is 24.1. The van der Waals surface area contributed by atoms with E-state index < -0.39 is 23.7 Å². The summed E-state index contributed by atoms with van der Waals surface area (Å²) in [6.07, 6.45) is -4.55. The van der Waals surface area contributed by atoms with Gasteiger partial charge in [-0.05, 0) is 23.8 Å². The summed E-state index contributed by atoms with van der Waals surface area (Å²) >= 11 is 6.07. The van der Waals surface area contributed by atoms with Crippen molar-refractivity contribution >= 4 is 29.1 Å². The zero-order valence-electron chi connectivity index (χ0n) is 17.8. The number of hydrogen-bond donors (Lipinski definition) is 1. The van der Waals surface area contributed by atoms with Gasteiger partial charge in [0.15, 0.2) is 0 Å². The molecule has 1 aliphatic heterocycles. The lowest BCUT2D eigenvalue weighted by Crippen LogP contribution is -2.52. The maximum Gasteiger partial charge on any atom is 0.416 e. The van der Waals surface area contributed by atoms with Crippen LogP contribution in [0.15, 0.2) is 48.5 Å². The summed E-state index contributed by atoms with van der Waals surface area (Å²) < 4.78 is 39.3. The zero-order chi connectivity index (χ0) is 23.5. The molecule has 0 spiro atoms. The molecule has 1 heterocycles. The molecule has 1 atom stereocenters. The van der Waals surface area contributed by atoms with Gasteiger partial charge in [0.05, 0.1) is 16.3 Å². The minimum atomic E-state index is -4.55. The van der Waals surface area contributed by atoms with Crippen LogP contribution in [-0.2, 0) is 15.8 Å². The molecule has 1 N–H and O–H groups in total. The number of rotatable bonds is 5. The number of nitrogens with zero attached hydrogens (tertiary/aromatic N) is 2. The van der Waals surface area contributed by atoms with E-state index in [2.05, 4.69) is 5.32 Å². The Hall–Kier alpha value is -2.58. The highest BCUT2D eigenvalue weighted by atomic mass is 35.5. The first-order valence-corrected chi connectivity index (χ1v) is 10.7. The van der Waals surface area contributed by atoms with Gasteiger partial charge in [-0.3, -0.25) is 14.5 Å². The van der Waals surface area contributed by atoms with Crippen LogP contribution in [0.1, 0.15) is 31.0 Å². The fraction of sp³-hybridized carbons (Fsp3) is 0.391. The molecule has 1 unspecified atom stereocenters. The number of anilines is 1. The molecule has 32 heavy (non-hydrogen) atoms. The summed E-state index contributed by atoms with van der Waals surface area (Å²) in [5.74, 6) is -0.542. The summed E-state index contributed by atoms with van der Waals surface area (Å²) in [5, 5.41) is 2.60. The van der Waals surface area contributed by atoms with E-state index in [1.54, 1.807) is 29.2 Å². The number of hydrogen-bond acceptors (Lipinski definition) is 3. The van der Waals surface area contributed by atoms with E-state index in [-0.39, 0.29) is 22.5 Å². The minimum Gasteiger partial charge on any atom is -0.340 e. The molecule has 2 aromatic rings. The molecule has 1 aliphatic rings. The highest BCUT2D eigenvalue weighted by Gasteiger charge is 2.34. The number of benzene rings is 2. The number of nitrogens with one attached hydrogen (secondary N) is 1. The van der Waals surface area contributed by atoms with E-state index in [1.807, 2.05) is 24.8 Å². The van der Waals surface area contributed by atoms with E-state index in [1.165, 1.54) is 0 Å². The highest BCUT2D eigenvalue weighted by molar-refractivity contribution is 6.33. The van der Waals surface area contributed by atoms with Gasteiger partial charge >= 0.3 is 6.18 Å². The van der Waals surface area contributed by atoms with Gasteiger partial charge in [0, 0.05) is 32.1 Å². The number of carbonyl (C=O) groups excluding carboxylic acids is 2. The number of amides is 2. The van der Waals surface area contributed by atoms with Crippen molar-refractivity contribution in [2.75, 3.05) is 31.5 Å². The summed E-state index contributed by atoms with van der Waals surface area (Å²) in [6, 6.07) is 11.1. The van der Waals surface area contributed by atoms with Gasteiger partial charge in [-0.2, -0.15) is 13.2 Å². The lowest BCUT2D eigenvalue weighted by atomic mass is 10.0. The van der Waals surface area contributed by atoms with E-state index in [0.29, 0.717) is 31.7 Å². The van der Waals surface area contributed by atoms with Crippen LogP contribution in [0.3, 0.4) is 0 Å². The fourth-order valence-corrected chi connectivity index (χ4v) is 3.89. The molecule has 2 aromatic carbocycles. The monoisotopic (exact) mass is 467 g/mol. The average Bonchev–Trinajstić information content (AvgIpc) is 2.75. The molecule has 1 saturated heterocycles. The second-order valence-electron chi connectivity index (χ2n) is 8.01. The summed E-state index contributed by atoms with van der Waals surface area (Å²) in [4.78, 5) is 29.3. The van der Waals surface area contributed by atoms with Crippen LogP contribution in [0.4, 0.5) is 18.9 Å². The van der Waals surface area contributed by atoms with Gasteiger partial charge < -0.3 is 10.2 Å². The highest BCUT2D eigenvalue weighted by Crippen LogP contribution is 2.34. The Labute approximate surface area is 190 Å². The van der Waals surface area contributed by atoms with Gasteiger partial charge in [0.1, 0.15) is 6.04 Å². The molecule has 1 fully saturated rings. The van der Waals surface area contributed by atoms with Gasteiger partial charge in [-0.15, -0.1) is 0 Å². The molecular weight excluding hydrogens is 443 g/mol. The van der Waals surface area contributed by atoms with E-state index in [0.717, 1.165) is 18.2 Å².